The number of carbonyl (C=O) groups excluding carboxylic acids is 3. The summed E-state index contributed by atoms with van der Waals surface area (Å²) in [6, 6.07) is 6.45. The number of aliphatic hydroxyl groups is 1. The molecule has 4 atom stereocenters. The summed E-state index contributed by atoms with van der Waals surface area (Å²) < 4.78 is 0. The quantitative estimate of drug-likeness (QED) is 0.200. The second-order valence-electron chi connectivity index (χ2n) is 9.39. The average molecular weight is 529 g/mol. The maximum absolute atomic E-state index is 13.3. The first-order chi connectivity index (χ1) is 18.1. The third-order valence-electron chi connectivity index (χ3n) is 6.44. The van der Waals surface area contributed by atoms with Crippen LogP contribution >= 0.6 is 0 Å². The fourth-order valence-electron chi connectivity index (χ4n) is 4.18. The molecule has 1 unspecified atom stereocenters. The number of benzene rings is 2. The molecule has 0 aromatic heterocycles. The van der Waals surface area contributed by atoms with E-state index in [0.29, 0.717) is 28.7 Å². The van der Waals surface area contributed by atoms with Gasteiger partial charge >= 0.3 is 0 Å². The van der Waals surface area contributed by atoms with Gasteiger partial charge in [0.2, 0.25) is 17.7 Å². The van der Waals surface area contributed by atoms with E-state index in [1.807, 2.05) is 0 Å². The van der Waals surface area contributed by atoms with Gasteiger partial charge in [0.05, 0.1) is 12.1 Å². The van der Waals surface area contributed by atoms with Crippen LogP contribution in [0.3, 0.4) is 0 Å². The largest absolute Gasteiger partial charge is 0.508 e. The molecule has 3 rings (SSSR count). The standard InChI is InChI=1S/C26H36N6O6/c27-7-1-2-20-26(38)32-21(25(37)30-13-18(33)12-28)11-17-9-15(4-6-23(17)35)14-3-5-22(34)16(8-14)10-19(29)24(36)31-20/h3-6,8-9,18-21,33-35H,1-2,7,10-13,27-29H2,(H,30,37)(H,31,36)(H,32,38)/t18?,19-,20+,21+/m0/s1. The predicted octanol–water partition coefficient (Wildman–Crippen LogP) is -1.66. The molecule has 4 bridgehead atoms. The van der Waals surface area contributed by atoms with Crippen molar-refractivity contribution >= 4 is 17.7 Å². The molecule has 1 heterocycles. The molecule has 0 radical (unpaired) electrons. The molecule has 12 heteroatoms. The monoisotopic (exact) mass is 528 g/mol. The lowest BCUT2D eigenvalue weighted by Gasteiger charge is -2.25. The number of rotatable bonds is 7. The van der Waals surface area contributed by atoms with Crippen molar-refractivity contribution in [1.82, 2.24) is 16.0 Å². The number of hydrogen-bond donors (Lipinski definition) is 9. The van der Waals surface area contributed by atoms with E-state index in [1.165, 1.54) is 12.1 Å². The Morgan fingerprint density at radius 1 is 0.974 bits per heavy atom. The third kappa shape index (κ3) is 7.42. The molecule has 3 amide bonds. The molecule has 38 heavy (non-hydrogen) atoms. The van der Waals surface area contributed by atoms with Crippen molar-refractivity contribution in [3.05, 3.63) is 47.5 Å². The van der Waals surface area contributed by atoms with E-state index in [4.69, 9.17) is 17.2 Å². The Bertz CT molecular complexity index is 1160. The first kappa shape index (κ1) is 28.9. The second-order valence-corrected chi connectivity index (χ2v) is 9.39. The number of carbonyl (C=O) groups is 3. The Hall–Kier alpha value is -3.71. The van der Waals surface area contributed by atoms with Gasteiger partial charge in [0.15, 0.2) is 0 Å². The van der Waals surface area contributed by atoms with Crippen LogP contribution in [0.4, 0.5) is 0 Å². The number of phenolic OH excluding ortho intramolecular Hbond substituents is 2. The van der Waals surface area contributed by atoms with Gasteiger partial charge in [-0.1, -0.05) is 12.1 Å². The second kappa shape index (κ2) is 13.2. The van der Waals surface area contributed by atoms with Crippen molar-refractivity contribution in [3.63, 3.8) is 0 Å². The molecule has 2 aromatic carbocycles. The highest BCUT2D eigenvalue weighted by Gasteiger charge is 2.29. The molecule has 12 nitrogen and oxygen atoms in total. The van der Waals surface area contributed by atoms with Gasteiger partial charge < -0.3 is 48.5 Å². The maximum Gasteiger partial charge on any atom is 0.243 e. The molecule has 2 aromatic rings. The fourth-order valence-corrected chi connectivity index (χ4v) is 4.18. The summed E-state index contributed by atoms with van der Waals surface area (Å²) in [4.78, 5) is 39.3. The summed E-state index contributed by atoms with van der Waals surface area (Å²) in [5.74, 6) is -1.96. The molecule has 1 aliphatic rings. The van der Waals surface area contributed by atoms with Crippen LogP contribution in [0.25, 0.3) is 11.1 Å². The number of nitrogens with two attached hydrogens (primary N) is 3. The zero-order valence-electron chi connectivity index (χ0n) is 21.0. The van der Waals surface area contributed by atoms with Gasteiger partial charge in [-0.05, 0) is 65.9 Å². The van der Waals surface area contributed by atoms with E-state index in [-0.39, 0.29) is 50.4 Å². The van der Waals surface area contributed by atoms with Crippen molar-refractivity contribution in [2.75, 3.05) is 19.6 Å². The lowest BCUT2D eigenvalue weighted by molar-refractivity contribution is -0.132. The highest BCUT2D eigenvalue weighted by molar-refractivity contribution is 5.93. The van der Waals surface area contributed by atoms with E-state index in [1.54, 1.807) is 24.3 Å². The van der Waals surface area contributed by atoms with Gasteiger partial charge in [-0.2, -0.15) is 0 Å². The molecule has 0 saturated carbocycles. The van der Waals surface area contributed by atoms with Crippen molar-refractivity contribution in [3.8, 4) is 22.6 Å². The van der Waals surface area contributed by atoms with Crippen LogP contribution in [0.2, 0.25) is 0 Å². The lowest BCUT2D eigenvalue weighted by Crippen LogP contribution is -2.57. The smallest absolute Gasteiger partial charge is 0.243 e. The number of aliphatic hydroxyl groups excluding tert-OH is 1. The summed E-state index contributed by atoms with van der Waals surface area (Å²) in [7, 11) is 0. The zero-order valence-corrected chi connectivity index (χ0v) is 21.0. The fraction of sp³-hybridized carbons (Fsp3) is 0.423. The van der Waals surface area contributed by atoms with Gasteiger partial charge in [-0.15, -0.1) is 0 Å². The normalized spacial score (nSPS) is 20.9. The van der Waals surface area contributed by atoms with E-state index in [0.717, 1.165) is 0 Å². The van der Waals surface area contributed by atoms with E-state index in [9.17, 15) is 29.7 Å². The third-order valence-corrected chi connectivity index (χ3v) is 6.44. The lowest BCUT2D eigenvalue weighted by atomic mass is 9.95. The number of phenols is 2. The maximum atomic E-state index is 13.3. The number of hydrogen-bond acceptors (Lipinski definition) is 9. The SMILES string of the molecule is NCCC[C@H]1NC(=O)[C@@H](N)Cc2cc(ccc2O)-c2ccc(O)c(c2)C[C@H](C(=O)NCC(O)CN)NC1=O. The molecule has 0 fully saturated rings. The van der Waals surface area contributed by atoms with Crippen molar-refractivity contribution in [1.29, 1.82) is 0 Å². The summed E-state index contributed by atoms with van der Waals surface area (Å²) in [5.41, 5.74) is 19.4. The minimum atomic E-state index is -1.15. The number of nitrogens with one attached hydrogen (secondary N) is 3. The Kier molecular flexibility index (Phi) is 10.0. The number of fused-ring (bicyclic) bond motifs is 5. The molecule has 1 aliphatic heterocycles. The molecular formula is C26H36N6O6. The predicted molar refractivity (Wildman–Crippen MR) is 141 cm³/mol. The van der Waals surface area contributed by atoms with Crippen LogP contribution in [0.1, 0.15) is 24.0 Å². The van der Waals surface area contributed by atoms with E-state index < -0.39 is 42.0 Å². The van der Waals surface area contributed by atoms with Crippen molar-refractivity contribution in [2.24, 2.45) is 17.2 Å². The Labute approximate surface area is 220 Å². The van der Waals surface area contributed by atoms with Crippen LogP contribution in [0.15, 0.2) is 36.4 Å². The summed E-state index contributed by atoms with van der Waals surface area (Å²) in [6.07, 6.45) is -0.439. The first-order valence-corrected chi connectivity index (χ1v) is 12.5. The average Bonchev–Trinajstić information content (AvgIpc) is 2.90. The molecule has 0 spiro atoms. The van der Waals surface area contributed by atoms with Crippen molar-refractivity contribution < 1.29 is 29.7 Å². The van der Waals surface area contributed by atoms with Crippen LogP contribution in [-0.4, -0.2) is 76.9 Å². The molecule has 12 N–H and O–H groups in total. The topological polar surface area (TPSA) is 226 Å². The highest BCUT2D eigenvalue weighted by Crippen LogP contribution is 2.30. The van der Waals surface area contributed by atoms with Crippen molar-refractivity contribution in [2.45, 2.75) is 49.9 Å². The molecule has 206 valence electrons. The summed E-state index contributed by atoms with van der Waals surface area (Å²) in [5, 5.41) is 38.6. The van der Waals surface area contributed by atoms with Gasteiger partial charge in [0.25, 0.3) is 0 Å². The highest BCUT2D eigenvalue weighted by atomic mass is 16.3. The Morgan fingerprint density at radius 3 is 2.16 bits per heavy atom. The number of aromatic hydroxyl groups is 2. The van der Waals surface area contributed by atoms with Gasteiger partial charge in [0.1, 0.15) is 23.6 Å². The van der Waals surface area contributed by atoms with Crippen LogP contribution in [-0.2, 0) is 27.2 Å². The summed E-state index contributed by atoms with van der Waals surface area (Å²) >= 11 is 0. The minimum Gasteiger partial charge on any atom is -0.508 e. The van der Waals surface area contributed by atoms with E-state index >= 15 is 0 Å². The van der Waals surface area contributed by atoms with Gasteiger partial charge in [-0.25, -0.2) is 0 Å². The van der Waals surface area contributed by atoms with Crippen LogP contribution in [0, 0.1) is 0 Å². The Morgan fingerprint density at radius 2 is 1.58 bits per heavy atom. The summed E-state index contributed by atoms with van der Waals surface area (Å²) in [6.45, 7) is 0.0718. The van der Waals surface area contributed by atoms with Gasteiger partial charge in [-0.3, -0.25) is 14.4 Å². The Balaban J connectivity index is 2.06. The van der Waals surface area contributed by atoms with Crippen LogP contribution < -0.4 is 33.2 Å². The minimum absolute atomic E-state index is 0.0101. The first-order valence-electron chi connectivity index (χ1n) is 12.5. The van der Waals surface area contributed by atoms with E-state index in [2.05, 4.69) is 16.0 Å². The van der Waals surface area contributed by atoms with Gasteiger partial charge in [0, 0.05) is 25.9 Å². The zero-order chi connectivity index (χ0) is 27.8. The molecule has 0 saturated heterocycles. The molecular weight excluding hydrogens is 492 g/mol. The molecule has 0 aliphatic carbocycles. The van der Waals surface area contributed by atoms with Crippen LogP contribution in [0.5, 0.6) is 11.5 Å². The number of amides is 3.